The fourth-order valence-corrected chi connectivity index (χ4v) is 3.40. The Bertz CT molecular complexity index is 946. The lowest BCUT2D eigenvalue weighted by atomic mass is 10.1. The summed E-state index contributed by atoms with van der Waals surface area (Å²) in [5.41, 5.74) is 5.76. The lowest BCUT2D eigenvalue weighted by Crippen LogP contribution is -2.18. The minimum absolute atomic E-state index is 0.254. The Balaban J connectivity index is 1.52. The topological polar surface area (TPSA) is 58.1 Å². The average Bonchev–Trinajstić information content (AvgIpc) is 3.05. The number of benzene rings is 2. The first-order valence-corrected chi connectivity index (χ1v) is 8.67. The van der Waals surface area contributed by atoms with Gasteiger partial charge in [0, 0.05) is 17.9 Å². The molecule has 5 nitrogen and oxygen atoms in total. The summed E-state index contributed by atoms with van der Waals surface area (Å²) in [4.78, 5) is 23.4. The minimum atomic E-state index is -0.254. The number of fused-ring (bicyclic) bond motifs is 1. The van der Waals surface area contributed by atoms with E-state index in [1.54, 1.807) is 6.20 Å². The molecule has 0 bridgehead atoms. The standard InChI is InChI=1S/C21H20N4O/c1-14-9-15(2)11-17(10-14)24-21(26)18-12-23-20(13-22-18)25-8-7-16-5-3-4-6-19(16)25/h3-6,9-13H,7-8H2,1-2H3,(H,24,26). The molecular weight excluding hydrogens is 324 g/mol. The van der Waals surface area contributed by atoms with Crippen molar-refractivity contribution in [3.8, 4) is 0 Å². The molecule has 1 N–H and O–H groups in total. The fourth-order valence-electron chi connectivity index (χ4n) is 3.40. The first-order valence-electron chi connectivity index (χ1n) is 8.67. The molecule has 0 atom stereocenters. The van der Waals surface area contributed by atoms with Crippen molar-refractivity contribution in [1.82, 2.24) is 9.97 Å². The van der Waals surface area contributed by atoms with Gasteiger partial charge in [-0.3, -0.25) is 4.79 Å². The third-order valence-electron chi connectivity index (χ3n) is 4.51. The van der Waals surface area contributed by atoms with Crippen LogP contribution in [-0.2, 0) is 6.42 Å². The van der Waals surface area contributed by atoms with Gasteiger partial charge in [-0.2, -0.15) is 0 Å². The Morgan fingerprint density at radius 3 is 2.54 bits per heavy atom. The van der Waals surface area contributed by atoms with Gasteiger partial charge < -0.3 is 10.2 Å². The average molecular weight is 344 g/mol. The highest BCUT2D eigenvalue weighted by molar-refractivity contribution is 6.02. The van der Waals surface area contributed by atoms with Gasteiger partial charge in [0.2, 0.25) is 0 Å². The molecule has 1 aliphatic rings. The van der Waals surface area contributed by atoms with Crippen molar-refractivity contribution >= 4 is 23.1 Å². The zero-order chi connectivity index (χ0) is 18.1. The monoisotopic (exact) mass is 344 g/mol. The molecule has 0 saturated heterocycles. The highest BCUT2D eigenvalue weighted by atomic mass is 16.1. The van der Waals surface area contributed by atoms with Crippen LogP contribution >= 0.6 is 0 Å². The fraction of sp³-hybridized carbons (Fsp3) is 0.190. The molecule has 0 aliphatic carbocycles. The number of carbonyl (C=O) groups is 1. The molecule has 0 radical (unpaired) electrons. The zero-order valence-corrected chi connectivity index (χ0v) is 14.9. The van der Waals surface area contributed by atoms with Gasteiger partial charge >= 0.3 is 0 Å². The van der Waals surface area contributed by atoms with Crippen molar-refractivity contribution in [2.24, 2.45) is 0 Å². The van der Waals surface area contributed by atoms with E-state index in [1.165, 1.54) is 11.8 Å². The molecular formula is C21H20N4O. The van der Waals surface area contributed by atoms with Crippen LogP contribution in [0.15, 0.2) is 54.9 Å². The number of para-hydroxylation sites is 1. The maximum atomic E-state index is 12.4. The second-order valence-corrected chi connectivity index (χ2v) is 6.62. The molecule has 0 fully saturated rings. The van der Waals surface area contributed by atoms with E-state index >= 15 is 0 Å². The largest absolute Gasteiger partial charge is 0.325 e. The maximum absolute atomic E-state index is 12.4. The molecule has 0 spiro atoms. The van der Waals surface area contributed by atoms with E-state index in [4.69, 9.17) is 0 Å². The van der Waals surface area contributed by atoms with Crippen LogP contribution in [0.4, 0.5) is 17.2 Å². The van der Waals surface area contributed by atoms with Crippen LogP contribution < -0.4 is 10.2 Å². The molecule has 4 rings (SSSR count). The van der Waals surface area contributed by atoms with Crippen molar-refractivity contribution in [2.75, 3.05) is 16.8 Å². The van der Waals surface area contributed by atoms with Gasteiger partial charge in [-0.1, -0.05) is 24.3 Å². The number of aromatic nitrogens is 2. The van der Waals surface area contributed by atoms with E-state index in [9.17, 15) is 4.79 Å². The molecule has 2 heterocycles. The predicted octanol–water partition coefficient (Wildman–Crippen LogP) is 4.04. The molecule has 1 aliphatic heterocycles. The van der Waals surface area contributed by atoms with Crippen LogP contribution in [-0.4, -0.2) is 22.4 Å². The Hall–Kier alpha value is -3.21. The first kappa shape index (κ1) is 16.3. The van der Waals surface area contributed by atoms with E-state index in [-0.39, 0.29) is 5.91 Å². The molecule has 26 heavy (non-hydrogen) atoms. The summed E-state index contributed by atoms with van der Waals surface area (Å²) in [7, 11) is 0. The summed E-state index contributed by atoms with van der Waals surface area (Å²) in [6.45, 7) is 4.89. The number of carbonyl (C=O) groups excluding carboxylic acids is 1. The van der Waals surface area contributed by atoms with Crippen LogP contribution in [0, 0.1) is 13.8 Å². The van der Waals surface area contributed by atoms with Gasteiger partial charge in [0.1, 0.15) is 5.69 Å². The molecule has 0 unspecified atom stereocenters. The van der Waals surface area contributed by atoms with Crippen molar-refractivity contribution in [2.45, 2.75) is 20.3 Å². The molecule has 0 saturated carbocycles. The highest BCUT2D eigenvalue weighted by Crippen LogP contribution is 2.32. The Morgan fingerprint density at radius 2 is 1.81 bits per heavy atom. The van der Waals surface area contributed by atoms with E-state index in [0.29, 0.717) is 5.69 Å². The van der Waals surface area contributed by atoms with Crippen LogP contribution in [0.1, 0.15) is 27.2 Å². The summed E-state index contributed by atoms with van der Waals surface area (Å²) in [5, 5.41) is 2.89. The quantitative estimate of drug-likeness (QED) is 0.779. The molecule has 3 aromatic rings. The third kappa shape index (κ3) is 3.16. The molecule has 130 valence electrons. The number of amides is 1. The Morgan fingerprint density at radius 1 is 1.04 bits per heavy atom. The van der Waals surface area contributed by atoms with E-state index in [2.05, 4.69) is 44.5 Å². The third-order valence-corrected chi connectivity index (χ3v) is 4.51. The molecule has 2 aromatic carbocycles. The highest BCUT2D eigenvalue weighted by Gasteiger charge is 2.21. The van der Waals surface area contributed by atoms with Crippen LogP contribution in [0.25, 0.3) is 0 Å². The van der Waals surface area contributed by atoms with Gasteiger partial charge in [-0.15, -0.1) is 0 Å². The zero-order valence-electron chi connectivity index (χ0n) is 14.9. The van der Waals surface area contributed by atoms with E-state index in [0.717, 1.165) is 41.3 Å². The van der Waals surface area contributed by atoms with Crippen molar-refractivity contribution in [3.05, 3.63) is 77.2 Å². The molecule has 5 heteroatoms. The van der Waals surface area contributed by atoms with Crippen molar-refractivity contribution in [1.29, 1.82) is 0 Å². The van der Waals surface area contributed by atoms with E-state index in [1.807, 2.05) is 32.0 Å². The Kier molecular flexibility index (Phi) is 4.13. The maximum Gasteiger partial charge on any atom is 0.275 e. The second-order valence-electron chi connectivity index (χ2n) is 6.62. The van der Waals surface area contributed by atoms with Gasteiger partial charge in [-0.05, 0) is 55.2 Å². The summed E-state index contributed by atoms with van der Waals surface area (Å²) >= 11 is 0. The normalized spacial score (nSPS) is 12.8. The lowest BCUT2D eigenvalue weighted by molar-refractivity contribution is 0.102. The predicted molar refractivity (Wildman–Crippen MR) is 103 cm³/mol. The summed E-state index contributed by atoms with van der Waals surface area (Å²) in [5.74, 6) is 0.508. The smallest absolute Gasteiger partial charge is 0.275 e. The number of hydrogen-bond donors (Lipinski definition) is 1. The number of anilines is 3. The lowest BCUT2D eigenvalue weighted by Gasteiger charge is -2.17. The van der Waals surface area contributed by atoms with Gasteiger partial charge in [0.05, 0.1) is 12.4 Å². The number of aryl methyl sites for hydroxylation is 2. The SMILES string of the molecule is Cc1cc(C)cc(NC(=O)c2cnc(N3CCc4ccccc43)cn2)c1. The number of nitrogens with zero attached hydrogens (tertiary/aromatic N) is 3. The molecule has 1 amide bonds. The number of nitrogens with one attached hydrogen (secondary N) is 1. The second kappa shape index (κ2) is 6.59. The van der Waals surface area contributed by atoms with Crippen LogP contribution in [0.3, 0.4) is 0 Å². The first-order chi connectivity index (χ1) is 12.6. The number of rotatable bonds is 3. The van der Waals surface area contributed by atoms with Crippen molar-refractivity contribution < 1.29 is 4.79 Å². The van der Waals surface area contributed by atoms with Crippen LogP contribution in [0.2, 0.25) is 0 Å². The van der Waals surface area contributed by atoms with Gasteiger partial charge in [-0.25, -0.2) is 9.97 Å². The Labute approximate surface area is 152 Å². The summed E-state index contributed by atoms with van der Waals surface area (Å²) in [6.07, 6.45) is 4.19. The van der Waals surface area contributed by atoms with Gasteiger partial charge in [0.15, 0.2) is 5.82 Å². The number of hydrogen-bond acceptors (Lipinski definition) is 4. The van der Waals surface area contributed by atoms with Crippen molar-refractivity contribution in [3.63, 3.8) is 0 Å². The summed E-state index contributed by atoms with van der Waals surface area (Å²) < 4.78 is 0. The van der Waals surface area contributed by atoms with Gasteiger partial charge in [0.25, 0.3) is 5.91 Å². The summed E-state index contributed by atoms with van der Waals surface area (Å²) in [6, 6.07) is 14.2. The van der Waals surface area contributed by atoms with Crippen LogP contribution in [0.5, 0.6) is 0 Å². The molecule has 1 aromatic heterocycles. The minimum Gasteiger partial charge on any atom is -0.325 e. The van der Waals surface area contributed by atoms with E-state index < -0.39 is 0 Å².